The second-order valence-electron chi connectivity index (χ2n) is 0.600. The van der Waals surface area contributed by atoms with Crippen LogP contribution in [0.15, 0.2) is 0 Å². The summed E-state index contributed by atoms with van der Waals surface area (Å²) >= 11 is 0. The Bertz CT molecular complexity index is 23.0. The van der Waals surface area contributed by atoms with E-state index >= 15 is 0 Å². The van der Waals surface area contributed by atoms with Crippen molar-refractivity contribution in [3.63, 3.8) is 0 Å². The zero-order valence-corrected chi connectivity index (χ0v) is 6.63. The van der Waals surface area contributed by atoms with Crippen molar-refractivity contribution in [3.05, 3.63) is 0 Å². The smallest absolute Gasteiger partial charge is 0.368 e. The van der Waals surface area contributed by atoms with E-state index in [4.69, 9.17) is 19.2 Å². The van der Waals surface area contributed by atoms with Gasteiger partial charge in [0.15, 0.2) is 0 Å². The van der Waals surface area contributed by atoms with E-state index in [0.717, 1.165) is 0 Å². The van der Waals surface area contributed by atoms with Gasteiger partial charge in [-0.15, -0.1) is 0 Å². The third-order valence-electron chi connectivity index (χ3n) is 0. The molecule has 0 unspecified atom stereocenters. The average molecular weight is 280 g/mol. The van der Waals surface area contributed by atoms with E-state index in [1.54, 1.807) is 0 Å². The van der Waals surface area contributed by atoms with Crippen LogP contribution < -0.4 is 0 Å². The fourth-order valence-electron chi connectivity index (χ4n) is 0. The van der Waals surface area contributed by atoms with Crippen molar-refractivity contribution >= 4 is 9.05 Å². The van der Waals surface area contributed by atoms with Crippen LogP contribution in [-0.2, 0) is 21.1 Å². The van der Waals surface area contributed by atoms with Gasteiger partial charge in [-0.2, -0.15) is 0 Å². The summed E-state index contributed by atoms with van der Waals surface area (Å²) in [5, 5.41) is 0. The molecule has 0 aromatic heterocycles. The van der Waals surface area contributed by atoms with Gasteiger partial charge in [-0.25, -0.2) is 0 Å². The van der Waals surface area contributed by atoms with E-state index in [2.05, 4.69) is 0 Å². The molecule has 0 aliphatic rings. The molecule has 38 valence electrons. The molecule has 0 saturated heterocycles. The molecular formula is H4O4SiW. The first kappa shape index (κ1) is 9.89. The molecule has 0 fully saturated rings. The topological polar surface area (TPSA) is 80.9 Å². The Labute approximate surface area is 49.8 Å². The molecule has 0 rings (SSSR count). The van der Waals surface area contributed by atoms with Crippen LogP contribution in [0.2, 0.25) is 0 Å². The number of rotatable bonds is 0. The first-order valence-electron chi connectivity index (χ1n) is 0.894. The quantitative estimate of drug-likeness (QED) is 0.366. The molecule has 0 aromatic carbocycles. The van der Waals surface area contributed by atoms with Gasteiger partial charge in [0.1, 0.15) is 0 Å². The van der Waals surface area contributed by atoms with Crippen LogP contribution in [0.25, 0.3) is 0 Å². The Morgan fingerprint density at radius 3 is 0.833 bits per heavy atom. The fraction of sp³-hybridized carbons (Fsp3) is 0. The first-order chi connectivity index (χ1) is 2.00. The van der Waals surface area contributed by atoms with Crippen LogP contribution in [0.4, 0.5) is 0 Å². The normalized spacial score (nSPS) is 10.0. The van der Waals surface area contributed by atoms with Crippen molar-refractivity contribution in [2.24, 2.45) is 0 Å². The van der Waals surface area contributed by atoms with E-state index in [1.165, 1.54) is 0 Å². The maximum absolute atomic E-state index is 7.33. The van der Waals surface area contributed by atoms with Gasteiger partial charge in [-0.1, -0.05) is 0 Å². The average Bonchev–Trinajstić information content (AvgIpc) is 0.722. The van der Waals surface area contributed by atoms with Crippen LogP contribution in [0.1, 0.15) is 0 Å². The van der Waals surface area contributed by atoms with Gasteiger partial charge in [-0.05, 0) is 0 Å². The van der Waals surface area contributed by atoms with Gasteiger partial charge in [0, 0.05) is 21.1 Å². The summed E-state index contributed by atoms with van der Waals surface area (Å²) in [6.45, 7) is 0. The van der Waals surface area contributed by atoms with Crippen LogP contribution in [0.5, 0.6) is 0 Å². The van der Waals surface area contributed by atoms with Crippen molar-refractivity contribution in [2.45, 2.75) is 0 Å². The van der Waals surface area contributed by atoms with Crippen LogP contribution in [0.3, 0.4) is 0 Å². The molecule has 0 bridgehead atoms. The SMILES string of the molecule is O[Si](O)(O)O.[W]. The van der Waals surface area contributed by atoms with Gasteiger partial charge >= 0.3 is 9.05 Å². The largest absolute Gasteiger partial charge is 0.668 e. The summed E-state index contributed by atoms with van der Waals surface area (Å²) in [6.07, 6.45) is 0. The maximum atomic E-state index is 7.33. The van der Waals surface area contributed by atoms with Crippen molar-refractivity contribution in [1.82, 2.24) is 0 Å². The minimum atomic E-state index is -4.61. The van der Waals surface area contributed by atoms with Gasteiger partial charge in [0.2, 0.25) is 0 Å². The van der Waals surface area contributed by atoms with Crippen molar-refractivity contribution < 1.29 is 40.2 Å². The van der Waals surface area contributed by atoms with Crippen molar-refractivity contribution in [3.8, 4) is 0 Å². The Morgan fingerprint density at radius 2 is 0.833 bits per heavy atom. The molecule has 0 heterocycles. The maximum Gasteiger partial charge on any atom is 0.668 e. The van der Waals surface area contributed by atoms with E-state index in [1.807, 2.05) is 0 Å². The predicted molar refractivity (Wildman–Crippen MR) is 14.6 cm³/mol. The predicted octanol–water partition coefficient (Wildman–Crippen LogP) is -2.61. The first-order valence-corrected chi connectivity index (χ1v) is 2.68. The summed E-state index contributed by atoms with van der Waals surface area (Å²) in [5.74, 6) is 0. The molecule has 0 atom stereocenters. The molecule has 0 aliphatic heterocycles. The molecule has 0 amide bonds. The molecule has 0 saturated carbocycles. The molecule has 6 heavy (non-hydrogen) atoms. The Hall–Kier alpha value is 0.745. The van der Waals surface area contributed by atoms with Crippen LogP contribution in [0, 0.1) is 0 Å². The summed E-state index contributed by atoms with van der Waals surface area (Å²) in [6, 6.07) is 0. The van der Waals surface area contributed by atoms with Gasteiger partial charge in [0.25, 0.3) is 0 Å². The number of hydrogen-bond donors (Lipinski definition) is 4. The van der Waals surface area contributed by atoms with E-state index in [9.17, 15) is 0 Å². The molecule has 6 heteroatoms. The van der Waals surface area contributed by atoms with E-state index < -0.39 is 9.05 Å². The Kier molecular flexibility index (Phi) is 4.69. The summed E-state index contributed by atoms with van der Waals surface area (Å²) < 4.78 is 0. The molecule has 4 N–H and O–H groups in total. The summed E-state index contributed by atoms with van der Waals surface area (Å²) in [4.78, 5) is 29.3. The van der Waals surface area contributed by atoms with Crippen molar-refractivity contribution in [1.29, 1.82) is 0 Å². The zero-order valence-electron chi connectivity index (χ0n) is 2.70. The summed E-state index contributed by atoms with van der Waals surface area (Å²) in [7, 11) is -4.61. The van der Waals surface area contributed by atoms with E-state index in [0.29, 0.717) is 0 Å². The van der Waals surface area contributed by atoms with Gasteiger partial charge in [0.05, 0.1) is 0 Å². The molecular weight excluding hydrogens is 276 g/mol. The van der Waals surface area contributed by atoms with Crippen LogP contribution in [-0.4, -0.2) is 28.2 Å². The molecule has 0 aromatic rings. The second kappa shape index (κ2) is 2.84. The van der Waals surface area contributed by atoms with Crippen molar-refractivity contribution in [2.75, 3.05) is 0 Å². The second-order valence-corrected chi connectivity index (χ2v) is 1.80. The third-order valence-corrected chi connectivity index (χ3v) is 0. The molecule has 0 spiro atoms. The van der Waals surface area contributed by atoms with Gasteiger partial charge in [-0.3, -0.25) is 0 Å². The Balaban J connectivity index is 0. The number of hydrogen-bond acceptors (Lipinski definition) is 4. The van der Waals surface area contributed by atoms with E-state index in [-0.39, 0.29) is 21.1 Å². The standard InChI is InChI=1S/H4O4Si.W/c1-5(2,3)4;/h1-4H;. The third kappa shape index (κ3) is 120. The van der Waals surface area contributed by atoms with Gasteiger partial charge < -0.3 is 19.2 Å². The monoisotopic (exact) mass is 280 g/mol. The minimum absolute atomic E-state index is 0. The Morgan fingerprint density at radius 1 is 0.833 bits per heavy atom. The molecule has 4 nitrogen and oxygen atoms in total. The molecule has 0 aliphatic carbocycles. The van der Waals surface area contributed by atoms with Crippen LogP contribution >= 0.6 is 0 Å². The molecule has 0 radical (unpaired) electrons. The fourth-order valence-corrected chi connectivity index (χ4v) is 0. The minimum Gasteiger partial charge on any atom is -0.368 e. The summed E-state index contributed by atoms with van der Waals surface area (Å²) in [5.41, 5.74) is 0. The zero-order chi connectivity index (χ0) is 4.50.